The highest BCUT2D eigenvalue weighted by molar-refractivity contribution is 5.93. The maximum Gasteiger partial charge on any atom is 0.331 e. The van der Waals surface area contributed by atoms with Crippen LogP contribution >= 0.6 is 0 Å². The number of carbonyl (C=O) groups excluding carboxylic acids is 2. The van der Waals surface area contributed by atoms with Gasteiger partial charge in [-0.25, -0.2) is 4.79 Å². The molecule has 6 nitrogen and oxygen atoms in total. The van der Waals surface area contributed by atoms with Crippen molar-refractivity contribution in [2.75, 3.05) is 11.9 Å². The third-order valence-corrected chi connectivity index (χ3v) is 3.25. The third-order valence-electron chi connectivity index (χ3n) is 3.25. The van der Waals surface area contributed by atoms with Crippen molar-refractivity contribution in [2.45, 2.75) is 26.7 Å². The fraction of sp³-hybridized carbons (Fsp3) is 0.278. The van der Waals surface area contributed by atoms with E-state index in [1.807, 2.05) is 24.3 Å². The van der Waals surface area contributed by atoms with Gasteiger partial charge in [0.15, 0.2) is 6.61 Å². The van der Waals surface area contributed by atoms with Crippen LogP contribution in [0.25, 0.3) is 6.08 Å². The Balaban J connectivity index is 1.78. The van der Waals surface area contributed by atoms with Crippen molar-refractivity contribution in [2.24, 2.45) is 0 Å². The van der Waals surface area contributed by atoms with Gasteiger partial charge in [0.05, 0.1) is 5.69 Å². The summed E-state index contributed by atoms with van der Waals surface area (Å²) >= 11 is 0. The van der Waals surface area contributed by atoms with Gasteiger partial charge in [-0.3, -0.25) is 10.1 Å². The first-order chi connectivity index (χ1) is 11.4. The van der Waals surface area contributed by atoms with Crippen LogP contribution in [0.4, 0.5) is 5.88 Å². The molecule has 0 aliphatic heterocycles. The Morgan fingerprint density at radius 2 is 2.00 bits per heavy atom. The number of aromatic nitrogens is 1. The summed E-state index contributed by atoms with van der Waals surface area (Å²) in [5, 5.41) is 6.08. The number of aryl methyl sites for hydroxylation is 1. The van der Waals surface area contributed by atoms with E-state index in [2.05, 4.69) is 24.3 Å². The fourth-order valence-electron chi connectivity index (χ4n) is 1.94. The largest absolute Gasteiger partial charge is 0.452 e. The first-order valence-corrected chi connectivity index (χ1v) is 7.62. The Hall–Kier alpha value is -2.89. The van der Waals surface area contributed by atoms with Gasteiger partial charge in [-0.2, -0.15) is 0 Å². The molecule has 0 radical (unpaired) electrons. The van der Waals surface area contributed by atoms with Gasteiger partial charge in [-0.1, -0.05) is 43.3 Å². The number of amides is 1. The van der Waals surface area contributed by atoms with Gasteiger partial charge in [-0.05, 0) is 30.0 Å². The Kier molecular flexibility index (Phi) is 5.89. The van der Waals surface area contributed by atoms with Gasteiger partial charge in [0, 0.05) is 12.1 Å². The molecular weight excluding hydrogens is 308 g/mol. The fourth-order valence-corrected chi connectivity index (χ4v) is 1.94. The number of nitrogens with one attached hydrogen (secondary N) is 1. The molecule has 0 unspecified atom stereocenters. The predicted molar refractivity (Wildman–Crippen MR) is 90.4 cm³/mol. The second kappa shape index (κ2) is 8.10. The van der Waals surface area contributed by atoms with Crippen molar-refractivity contribution in [3.63, 3.8) is 0 Å². The lowest BCUT2D eigenvalue weighted by Gasteiger charge is -2.04. The molecule has 0 saturated carbocycles. The van der Waals surface area contributed by atoms with E-state index >= 15 is 0 Å². The van der Waals surface area contributed by atoms with Crippen LogP contribution in [-0.4, -0.2) is 23.6 Å². The van der Waals surface area contributed by atoms with E-state index in [1.165, 1.54) is 11.6 Å². The molecule has 0 fully saturated rings. The van der Waals surface area contributed by atoms with Gasteiger partial charge in [0.25, 0.3) is 5.91 Å². The number of hydrogen-bond acceptors (Lipinski definition) is 5. The molecule has 0 spiro atoms. The quantitative estimate of drug-likeness (QED) is 0.650. The van der Waals surface area contributed by atoms with Crippen molar-refractivity contribution in [1.29, 1.82) is 0 Å². The van der Waals surface area contributed by atoms with E-state index in [0.717, 1.165) is 5.56 Å². The molecule has 6 heteroatoms. The number of anilines is 1. The summed E-state index contributed by atoms with van der Waals surface area (Å²) in [6.45, 7) is 5.58. The first kappa shape index (κ1) is 17.5. The van der Waals surface area contributed by atoms with Crippen LogP contribution in [0.5, 0.6) is 0 Å². The molecule has 24 heavy (non-hydrogen) atoms. The van der Waals surface area contributed by atoms with Gasteiger partial charge in [0.2, 0.25) is 5.88 Å². The maximum atomic E-state index is 11.6. The molecule has 2 rings (SSSR count). The molecule has 126 valence electrons. The van der Waals surface area contributed by atoms with Crippen molar-refractivity contribution < 1.29 is 18.8 Å². The number of esters is 1. The molecule has 1 aromatic carbocycles. The molecule has 0 atom stereocenters. The average molecular weight is 328 g/mol. The number of rotatable bonds is 6. The molecule has 1 amide bonds. The summed E-state index contributed by atoms with van der Waals surface area (Å²) in [4.78, 5) is 23.2. The molecule has 1 heterocycles. The summed E-state index contributed by atoms with van der Waals surface area (Å²) in [5.74, 6) is -0.407. The third kappa shape index (κ3) is 5.39. The van der Waals surface area contributed by atoms with Crippen molar-refractivity contribution in [1.82, 2.24) is 5.16 Å². The standard InChI is InChI=1S/C18H20N2O4/c1-12(2)15-7-4-14(5-8-15)6-9-18(22)23-11-16(21)19-17-10-13(3)20-24-17/h4-10,12H,11H2,1-3H3,(H,19,21). The van der Waals surface area contributed by atoms with E-state index in [0.29, 0.717) is 11.6 Å². The highest BCUT2D eigenvalue weighted by Crippen LogP contribution is 2.15. The molecule has 0 bridgehead atoms. The van der Waals surface area contributed by atoms with Gasteiger partial charge >= 0.3 is 5.97 Å². The van der Waals surface area contributed by atoms with E-state index in [4.69, 9.17) is 9.26 Å². The van der Waals surface area contributed by atoms with Crippen LogP contribution < -0.4 is 5.32 Å². The van der Waals surface area contributed by atoms with E-state index in [9.17, 15) is 9.59 Å². The number of ether oxygens (including phenoxy) is 1. The van der Waals surface area contributed by atoms with Gasteiger partial charge in [0.1, 0.15) is 0 Å². The average Bonchev–Trinajstić information content (AvgIpc) is 2.96. The minimum absolute atomic E-state index is 0.217. The summed E-state index contributed by atoms with van der Waals surface area (Å²) in [6.07, 6.45) is 2.93. The van der Waals surface area contributed by atoms with Crippen LogP contribution in [0.3, 0.4) is 0 Å². The lowest BCUT2D eigenvalue weighted by Crippen LogP contribution is -2.19. The smallest absolute Gasteiger partial charge is 0.331 e. The van der Waals surface area contributed by atoms with Crippen LogP contribution in [0, 0.1) is 6.92 Å². The minimum atomic E-state index is -0.591. The number of carbonyl (C=O) groups is 2. The topological polar surface area (TPSA) is 81.4 Å². The lowest BCUT2D eigenvalue weighted by atomic mass is 10.0. The Labute approximate surface area is 140 Å². The normalized spacial score (nSPS) is 11.0. The molecule has 1 aromatic heterocycles. The number of benzene rings is 1. The second-order valence-electron chi connectivity index (χ2n) is 5.64. The zero-order valence-electron chi connectivity index (χ0n) is 13.9. The highest BCUT2D eigenvalue weighted by Gasteiger charge is 2.08. The summed E-state index contributed by atoms with van der Waals surface area (Å²) < 4.78 is 9.70. The van der Waals surface area contributed by atoms with Gasteiger partial charge in [-0.15, -0.1) is 0 Å². The summed E-state index contributed by atoms with van der Waals surface area (Å²) in [5.41, 5.74) is 2.76. The predicted octanol–water partition coefficient (Wildman–Crippen LogP) is 3.30. The second-order valence-corrected chi connectivity index (χ2v) is 5.64. The number of hydrogen-bond donors (Lipinski definition) is 1. The molecule has 0 aliphatic carbocycles. The SMILES string of the molecule is Cc1cc(NC(=O)COC(=O)C=Cc2ccc(C(C)C)cc2)on1. The monoisotopic (exact) mass is 328 g/mol. The highest BCUT2D eigenvalue weighted by atomic mass is 16.5. The number of nitrogens with zero attached hydrogens (tertiary/aromatic N) is 1. The van der Waals surface area contributed by atoms with E-state index in [1.54, 1.807) is 19.1 Å². The van der Waals surface area contributed by atoms with Crippen molar-refractivity contribution >= 4 is 23.8 Å². The summed E-state index contributed by atoms with van der Waals surface area (Å²) in [7, 11) is 0. The zero-order chi connectivity index (χ0) is 17.5. The summed E-state index contributed by atoms with van der Waals surface area (Å²) in [6, 6.07) is 9.46. The molecule has 0 saturated heterocycles. The Bertz CT molecular complexity index is 730. The van der Waals surface area contributed by atoms with Crippen LogP contribution in [0.1, 0.15) is 36.6 Å². The maximum absolute atomic E-state index is 11.6. The van der Waals surface area contributed by atoms with Crippen molar-refractivity contribution in [3.8, 4) is 0 Å². The van der Waals surface area contributed by atoms with E-state index in [-0.39, 0.29) is 5.88 Å². The minimum Gasteiger partial charge on any atom is -0.452 e. The lowest BCUT2D eigenvalue weighted by molar-refractivity contribution is -0.142. The van der Waals surface area contributed by atoms with Crippen molar-refractivity contribution in [3.05, 3.63) is 53.2 Å². The molecular formula is C18H20N2O4. The van der Waals surface area contributed by atoms with Crippen LogP contribution in [0.2, 0.25) is 0 Å². The zero-order valence-corrected chi connectivity index (χ0v) is 13.9. The van der Waals surface area contributed by atoms with Crippen LogP contribution in [-0.2, 0) is 14.3 Å². The Morgan fingerprint density at radius 1 is 1.29 bits per heavy atom. The van der Waals surface area contributed by atoms with E-state index < -0.39 is 18.5 Å². The van der Waals surface area contributed by atoms with Gasteiger partial charge < -0.3 is 9.26 Å². The first-order valence-electron chi connectivity index (χ1n) is 7.62. The Morgan fingerprint density at radius 3 is 2.58 bits per heavy atom. The molecule has 0 aliphatic rings. The molecule has 2 aromatic rings. The van der Waals surface area contributed by atoms with Crippen LogP contribution in [0.15, 0.2) is 40.9 Å². The molecule has 1 N–H and O–H groups in total.